The minimum absolute atomic E-state index is 0. The Morgan fingerprint density at radius 2 is 1.67 bits per heavy atom. The minimum atomic E-state index is -0.825. The molecule has 1 aromatic rings. The number of benzene rings is 1. The Labute approximate surface area is 189 Å². The van der Waals surface area contributed by atoms with Gasteiger partial charge in [-0.2, -0.15) is 11.8 Å². The van der Waals surface area contributed by atoms with Crippen molar-refractivity contribution in [3.63, 3.8) is 0 Å². The van der Waals surface area contributed by atoms with Gasteiger partial charge in [0.1, 0.15) is 12.1 Å². The summed E-state index contributed by atoms with van der Waals surface area (Å²) in [5.74, 6) is -0.157. The van der Waals surface area contributed by atoms with Crippen molar-refractivity contribution < 1.29 is 37.3 Å². The van der Waals surface area contributed by atoms with Gasteiger partial charge in [0.15, 0.2) is 6.04 Å². The molecule has 0 fully saturated rings. The molecule has 0 aliphatic rings. The van der Waals surface area contributed by atoms with Gasteiger partial charge >= 0.3 is 5.97 Å². The van der Waals surface area contributed by atoms with E-state index in [1.54, 1.807) is 11.8 Å². The van der Waals surface area contributed by atoms with Crippen LogP contribution in [0.2, 0.25) is 0 Å². The van der Waals surface area contributed by atoms with Crippen molar-refractivity contribution in [3.8, 4) is 0 Å². The van der Waals surface area contributed by atoms with Gasteiger partial charge < -0.3 is 33.5 Å². The number of halogens is 1. The van der Waals surface area contributed by atoms with E-state index >= 15 is 0 Å². The van der Waals surface area contributed by atoms with Crippen LogP contribution in [0.25, 0.3) is 0 Å². The summed E-state index contributed by atoms with van der Waals surface area (Å²) in [6.45, 7) is 3.95. The van der Waals surface area contributed by atoms with Crippen molar-refractivity contribution in [1.82, 2.24) is 10.6 Å². The Balaban J connectivity index is 0.00000841. The van der Waals surface area contributed by atoms with Crippen molar-refractivity contribution >= 4 is 29.5 Å². The zero-order valence-electron chi connectivity index (χ0n) is 18.2. The minimum Gasteiger partial charge on any atom is -1.00 e. The van der Waals surface area contributed by atoms with Gasteiger partial charge in [-0.25, -0.2) is 4.79 Å². The van der Waals surface area contributed by atoms with E-state index in [4.69, 9.17) is 4.74 Å². The second-order valence-electron chi connectivity index (χ2n) is 7.44. The highest BCUT2D eigenvalue weighted by molar-refractivity contribution is 7.98. The van der Waals surface area contributed by atoms with Crippen LogP contribution in [0.15, 0.2) is 30.3 Å². The van der Waals surface area contributed by atoms with Crippen LogP contribution in [0.1, 0.15) is 32.3 Å². The Morgan fingerprint density at radius 1 is 1.07 bits per heavy atom. The standard InChI is InChI=1S/C21H33N3O4S.ClH/c1-14(2)12-17(23-19(25)16(22)10-11-29-4)20(26)24-18(21(27)28-3)13-15-8-6-5-7-9-15;/h5-9,14,16-18H,10-13,22H2,1-4H3,(H,23,25)(H,24,26);1H. The van der Waals surface area contributed by atoms with E-state index in [1.807, 2.05) is 50.4 Å². The molecule has 0 aromatic heterocycles. The number of thioether (sulfide) groups is 1. The molecule has 0 bridgehead atoms. The molecule has 0 saturated heterocycles. The SMILES string of the molecule is COC(=O)C(Cc1ccccc1)NC(=O)C(CC(C)C)NC(=O)C([NH3+])CCSC.[Cl-]. The van der Waals surface area contributed by atoms with Crippen LogP contribution in [0.3, 0.4) is 0 Å². The molecular formula is C21H34ClN3O4S. The summed E-state index contributed by atoms with van der Waals surface area (Å²) < 4.78 is 4.86. The van der Waals surface area contributed by atoms with Crippen LogP contribution in [0, 0.1) is 5.92 Å². The maximum atomic E-state index is 12.9. The highest BCUT2D eigenvalue weighted by Gasteiger charge is 2.29. The van der Waals surface area contributed by atoms with Gasteiger partial charge in [0.2, 0.25) is 5.91 Å². The van der Waals surface area contributed by atoms with Crippen LogP contribution < -0.4 is 28.8 Å². The molecule has 1 rings (SSSR count). The van der Waals surface area contributed by atoms with E-state index in [-0.39, 0.29) is 24.2 Å². The van der Waals surface area contributed by atoms with E-state index < -0.39 is 30.0 Å². The van der Waals surface area contributed by atoms with E-state index in [2.05, 4.69) is 16.4 Å². The third kappa shape index (κ3) is 10.3. The molecule has 30 heavy (non-hydrogen) atoms. The van der Waals surface area contributed by atoms with Crippen molar-refractivity contribution in [2.45, 2.75) is 51.2 Å². The van der Waals surface area contributed by atoms with Gasteiger partial charge in [0, 0.05) is 12.8 Å². The number of rotatable bonds is 12. The topological polar surface area (TPSA) is 112 Å². The largest absolute Gasteiger partial charge is 1.00 e. The Morgan fingerprint density at radius 3 is 2.20 bits per heavy atom. The van der Waals surface area contributed by atoms with Gasteiger partial charge in [-0.1, -0.05) is 44.2 Å². The number of ether oxygens (including phenoxy) is 1. The Hall–Kier alpha value is -1.77. The second kappa shape index (κ2) is 15.1. The van der Waals surface area contributed by atoms with Gasteiger partial charge in [0.05, 0.1) is 7.11 Å². The summed E-state index contributed by atoms with van der Waals surface area (Å²) in [5.41, 5.74) is 4.80. The maximum Gasteiger partial charge on any atom is 0.328 e. The highest BCUT2D eigenvalue weighted by Crippen LogP contribution is 2.09. The van der Waals surface area contributed by atoms with E-state index in [0.717, 1.165) is 11.3 Å². The molecule has 5 N–H and O–H groups in total. The first-order valence-corrected chi connectivity index (χ1v) is 11.2. The molecule has 0 saturated carbocycles. The number of methoxy groups -OCH3 is 1. The first-order valence-electron chi connectivity index (χ1n) is 9.83. The molecule has 0 aliphatic carbocycles. The Bertz CT molecular complexity index is 661. The number of carbonyl (C=O) groups excluding carboxylic acids is 3. The zero-order chi connectivity index (χ0) is 21.8. The lowest BCUT2D eigenvalue weighted by atomic mass is 10.0. The summed E-state index contributed by atoms with van der Waals surface area (Å²) in [6, 6.07) is 7.41. The third-order valence-electron chi connectivity index (χ3n) is 4.47. The van der Waals surface area contributed by atoms with E-state index in [1.165, 1.54) is 7.11 Å². The van der Waals surface area contributed by atoms with Gasteiger partial charge in [-0.05, 0) is 29.9 Å². The summed E-state index contributed by atoms with van der Waals surface area (Å²) in [6.07, 6.45) is 3.39. The van der Waals surface area contributed by atoms with Crippen molar-refractivity contribution in [1.29, 1.82) is 0 Å². The van der Waals surface area contributed by atoms with Crippen molar-refractivity contribution in [3.05, 3.63) is 35.9 Å². The van der Waals surface area contributed by atoms with Gasteiger partial charge in [-0.15, -0.1) is 0 Å². The van der Waals surface area contributed by atoms with E-state index in [0.29, 0.717) is 19.3 Å². The van der Waals surface area contributed by atoms with Gasteiger partial charge in [0.25, 0.3) is 5.91 Å². The number of amides is 2. The lowest BCUT2D eigenvalue weighted by molar-refractivity contribution is -0.404. The van der Waals surface area contributed by atoms with E-state index in [9.17, 15) is 14.4 Å². The molecular weight excluding hydrogens is 426 g/mol. The quantitative estimate of drug-likeness (QED) is 0.307. The first kappa shape index (κ1) is 28.2. The molecule has 9 heteroatoms. The molecule has 0 radical (unpaired) electrons. The normalized spacial score (nSPS) is 13.5. The number of esters is 1. The molecule has 1 aromatic carbocycles. The molecule has 3 unspecified atom stereocenters. The summed E-state index contributed by atoms with van der Waals surface area (Å²) >= 11 is 1.65. The summed E-state index contributed by atoms with van der Waals surface area (Å²) in [4.78, 5) is 37.6. The third-order valence-corrected chi connectivity index (χ3v) is 5.11. The van der Waals surface area contributed by atoms with Crippen LogP contribution >= 0.6 is 11.8 Å². The Kier molecular flexibility index (Phi) is 14.2. The number of quaternary nitrogens is 1. The average molecular weight is 460 g/mol. The van der Waals surface area contributed by atoms with Crippen LogP contribution in [-0.2, 0) is 25.5 Å². The lowest BCUT2D eigenvalue weighted by Gasteiger charge is -2.24. The predicted molar refractivity (Wildman–Crippen MR) is 115 cm³/mol. The zero-order valence-corrected chi connectivity index (χ0v) is 19.7. The molecule has 7 nitrogen and oxygen atoms in total. The highest BCUT2D eigenvalue weighted by atomic mass is 35.5. The predicted octanol–water partition coefficient (Wildman–Crippen LogP) is -2.21. The van der Waals surface area contributed by atoms with Crippen LogP contribution in [-0.4, -0.2) is 55.0 Å². The van der Waals surface area contributed by atoms with Crippen LogP contribution in [0.5, 0.6) is 0 Å². The number of hydrogen-bond acceptors (Lipinski definition) is 5. The monoisotopic (exact) mass is 459 g/mol. The maximum absolute atomic E-state index is 12.9. The summed E-state index contributed by atoms with van der Waals surface area (Å²) in [7, 11) is 1.29. The molecule has 0 spiro atoms. The molecule has 170 valence electrons. The lowest BCUT2D eigenvalue weighted by Crippen LogP contribution is -3.00. The van der Waals surface area contributed by atoms with Gasteiger partial charge in [-0.3, -0.25) is 9.59 Å². The van der Waals surface area contributed by atoms with Crippen molar-refractivity contribution in [2.75, 3.05) is 19.1 Å². The fourth-order valence-electron chi connectivity index (χ4n) is 2.84. The fourth-order valence-corrected chi connectivity index (χ4v) is 3.36. The number of carbonyl (C=O) groups is 3. The molecule has 0 aliphatic heterocycles. The smallest absolute Gasteiger partial charge is 0.328 e. The van der Waals surface area contributed by atoms with Crippen LogP contribution in [0.4, 0.5) is 0 Å². The summed E-state index contributed by atoms with van der Waals surface area (Å²) in [5, 5.41) is 5.56. The van der Waals surface area contributed by atoms with Crippen molar-refractivity contribution in [2.24, 2.45) is 5.92 Å². The second-order valence-corrected chi connectivity index (χ2v) is 8.43. The average Bonchev–Trinajstić information content (AvgIpc) is 2.70. The fraction of sp³-hybridized carbons (Fsp3) is 0.571. The molecule has 3 atom stereocenters. The number of hydrogen-bond donors (Lipinski definition) is 3. The first-order chi connectivity index (χ1) is 13.8. The number of nitrogens with one attached hydrogen (secondary N) is 2. The molecule has 0 heterocycles. The molecule has 2 amide bonds.